The fourth-order valence-electron chi connectivity index (χ4n) is 7.58. The van der Waals surface area contributed by atoms with Crippen LogP contribution in [0.15, 0.2) is 42.5 Å². The molecule has 1 saturated carbocycles. The number of amides is 1. The highest BCUT2D eigenvalue weighted by Gasteiger charge is 2.46. The molecule has 1 spiro atoms. The van der Waals surface area contributed by atoms with Crippen LogP contribution in [0.4, 0.5) is 4.39 Å². The summed E-state index contributed by atoms with van der Waals surface area (Å²) in [4.78, 5) is 17.8. The van der Waals surface area contributed by atoms with Crippen molar-refractivity contribution >= 4 is 25.1 Å². The second-order valence-electron chi connectivity index (χ2n) is 15.5. The molecular weight excluding hydrogens is 610 g/mol. The summed E-state index contributed by atoms with van der Waals surface area (Å²) < 4.78 is 35.6. The van der Waals surface area contributed by atoms with E-state index in [1.807, 2.05) is 12.1 Å². The maximum Gasteiger partial charge on any atom is 0.225 e. The molecule has 1 saturated heterocycles. The van der Waals surface area contributed by atoms with Gasteiger partial charge in [0, 0.05) is 73.3 Å². The van der Waals surface area contributed by atoms with Crippen LogP contribution in [0.1, 0.15) is 69.7 Å². The van der Waals surface area contributed by atoms with E-state index in [1.165, 1.54) is 23.1 Å². The normalized spacial score (nSPS) is 18.8. The van der Waals surface area contributed by atoms with E-state index in [4.69, 9.17) is 13.9 Å². The Labute approximate surface area is 281 Å². The van der Waals surface area contributed by atoms with Gasteiger partial charge >= 0.3 is 0 Å². The van der Waals surface area contributed by atoms with Gasteiger partial charge < -0.3 is 23.4 Å². The zero-order valence-electron chi connectivity index (χ0n) is 29.4. The second-order valence-corrected chi connectivity index (χ2v) is 20.4. The number of fused-ring (bicyclic) bond motifs is 4. The summed E-state index contributed by atoms with van der Waals surface area (Å²) >= 11 is 0. The maximum atomic E-state index is 15.0. The molecule has 3 heterocycles. The molecular formula is C38H54FN3O4Si. The van der Waals surface area contributed by atoms with Gasteiger partial charge in [-0.2, -0.15) is 0 Å². The Kier molecular flexibility index (Phi) is 9.92. The van der Waals surface area contributed by atoms with Gasteiger partial charge in [0.1, 0.15) is 11.6 Å². The number of carbonyl (C=O) groups excluding carboxylic acids is 1. The SMILES string of the molecule is COc1ccc2c3c(n(CCOCCO[Si](C)(C)C(C)(C)C)c2c1)CN(Cc1ccccc1F)CC31CCN(C(=O)C2CCC2)CC1. The molecule has 0 bridgehead atoms. The van der Waals surface area contributed by atoms with Gasteiger partial charge in [-0.15, -0.1) is 0 Å². The first-order valence-electron chi connectivity index (χ1n) is 17.6. The summed E-state index contributed by atoms with van der Waals surface area (Å²) in [5.74, 6) is 1.22. The van der Waals surface area contributed by atoms with Crippen LogP contribution < -0.4 is 4.74 Å². The third-order valence-electron chi connectivity index (χ3n) is 11.6. The minimum Gasteiger partial charge on any atom is -0.497 e. The number of likely N-dealkylation sites (tertiary alicyclic amines) is 1. The van der Waals surface area contributed by atoms with Gasteiger partial charge in [0.25, 0.3) is 0 Å². The summed E-state index contributed by atoms with van der Waals surface area (Å²) in [7, 11) is -0.110. The number of benzene rings is 2. The number of aromatic nitrogens is 1. The molecule has 1 aliphatic carbocycles. The summed E-state index contributed by atoms with van der Waals surface area (Å²) in [5.41, 5.74) is 4.41. The maximum absolute atomic E-state index is 15.0. The number of carbonyl (C=O) groups is 1. The van der Waals surface area contributed by atoms with Crippen molar-refractivity contribution in [2.45, 2.75) is 96.1 Å². The van der Waals surface area contributed by atoms with Gasteiger partial charge in [-0.1, -0.05) is 45.4 Å². The molecule has 9 heteroatoms. The Morgan fingerprint density at radius 3 is 2.45 bits per heavy atom. The number of hydrogen-bond acceptors (Lipinski definition) is 5. The van der Waals surface area contributed by atoms with Crippen LogP contribution >= 0.6 is 0 Å². The first-order valence-corrected chi connectivity index (χ1v) is 20.5. The quantitative estimate of drug-likeness (QED) is 0.157. The van der Waals surface area contributed by atoms with E-state index in [-0.39, 0.29) is 22.2 Å². The Balaban J connectivity index is 1.29. The molecule has 1 amide bonds. The van der Waals surface area contributed by atoms with Gasteiger partial charge in [0.05, 0.1) is 32.4 Å². The second kappa shape index (κ2) is 13.7. The molecule has 2 fully saturated rings. The minimum atomic E-state index is -1.82. The van der Waals surface area contributed by atoms with Gasteiger partial charge in [-0.05, 0) is 67.6 Å². The lowest BCUT2D eigenvalue weighted by atomic mass is 9.69. The topological polar surface area (TPSA) is 56.2 Å². The van der Waals surface area contributed by atoms with Crippen LogP contribution in [-0.2, 0) is 39.0 Å². The predicted octanol–water partition coefficient (Wildman–Crippen LogP) is 7.50. The van der Waals surface area contributed by atoms with Crippen LogP contribution in [0.2, 0.25) is 18.1 Å². The highest BCUT2D eigenvalue weighted by molar-refractivity contribution is 6.74. The molecule has 7 nitrogen and oxygen atoms in total. The van der Waals surface area contributed by atoms with Crippen molar-refractivity contribution in [2.75, 3.05) is 46.6 Å². The molecule has 0 radical (unpaired) electrons. The van der Waals surface area contributed by atoms with E-state index in [9.17, 15) is 9.18 Å². The lowest BCUT2D eigenvalue weighted by Gasteiger charge is -2.49. The Hall–Kier alpha value is -2.72. The fourth-order valence-corrected chi connectivity index (χ4v) is 8.61. The van der Waals surface area contributed by atoms with E-state index in [0.717, 1.165) is 68.7 Å². The number of ether oxygens (including phenoxy) is 2. The number of hydrogen-bond donors (Lipinski definition) is 0. The Bertz CT molecular complexity index is 1570. The van der Waals surface area contributed by atoms with Crippen LogP contribution in [0.25, 0.3) is 10.9 Å². The summed E-state index contributed by atoms with van der Waals surface area (Å²) in [5, 5.41) is 1.42. The lowest BCUT2D eigenvalue weighted by molar-refractivity contribution is -0.140. The van der Waals surface area contributed by atoms with E-state index in [1.54, 1.807) is 19.2 Å². The average molecular weight is 664 g/mol. The van der Waals surface area contributed by atoms with Crippen molar-refractivity contribution in [3.05, 3.63) is 65.1 Å². The van der Waals surface area contributed by atoms with Crippen molar-refractivity contribution in [3.8, 4) is 5.75 Å². The van der Waals surface area contributed by atoms with Gasteiger partial charge in [0.15, 0.2) is 8.32 Å². The Morgan fingerprint density at radius 1 is 1.04 bits per heavy atom. The first-order chi connectivity index (χ1) is 22.4. The largest absolute Gasteiger partial charge is 0.497 e. The van der Waals surface area contributed by atoms with Gasteiger partial charge in [-0.25, -0.2) is 4.39 Å². The summed E-state index contributed by atoms with van der Waals surface area (Å²) in [6, 6.07) is 13.6. The standard InChI is InChI=1S/C38H54FN3O4Si/c1-37(2,3)47(5,6)46-23-22-45-21-20-42-33-24-30(44-4)14-15-31(33)35-34(42)26-40(25-29-10-7-8-13-32(29)39)27-38(35)16-18-41(19-17-38)36(43)28-11-9-12-28/h7-8,10,13-15,24,28H,9,11-12,16-23,25-27H2,1-6H3. The molecule has 6 rings (SSSR count). The van der Waals surface area contributed by atoms with Crippen LogP contribution in [-0.4, -0.2) is 75.2 Å². The third kappa shape index (κ3) is 6.91. The van der Waals surface area contributed by atoms with E-state index in [2.05, 4.69) is 66.4 Å². The number of halogens is 1. The van der Waals surface area contributed by atoms with Crippen LogP contribution in [0, 0.1) is 11.7 Å². The molecule has 3 aromatic rings. The monoisotopic (exact) mass is 663 g/mol. The van der Waals surface area contributed by atoms with E-state index in [0.29, 0.717) is 38.8 Å². The molecule has 0 unspecified atom stereocenters. The third-order valence-corrected chi connectivity index (χ3v) is 16.1. The van der Waals surface area contributed by atoms with E-state index < -0.39 is 8.32 Å². The molecule has 1 aromatic heterocycles. The van der Waals surface area contributed by atoms with Gasteiger partial charge in [-0.3, -0.25) is 9.69 Å². The zero-order chi connectivity index (χ0) is 33.4. The molecule has 2 aliphatic heterocycles. The van der Waals surface area contributed by atoms with Crippen molar-refractivity contribution in [1.29, 1.82) is 0 Å². The van der Waals surface area contributed by atoms with Crippen LogP contribution in [0.5, 0.6) is 5.75 Å². The van der Waals surface area contributed by atoms with Crippen molar-refractivity contribution in [2.24, 2.45) is 5.92 Å². The summed E-state index contributed by atoms with van der Waals surface area (Å²) in [6.07, 6.45) is 5.03. The highest BCUT2D eigenvalue weighted by Crippen LogP contribution is 2.48. The molecule has 0 N–H and O–H groups in total. The number of rotatable bonds is 11. The van der Waals surface area contributed by atoms with E-state index >= 15 is 0 Å². The number of nitrogens with zero attached hydrogens (tertiary/aromatic N) is 3. The average Bonchev–Trinajstić information content (AvgIpc) is 3.32. The Morgan fingerprint density at radius 2 is 1.79 bits per heavy atom. The fraction of sp³-hybridized carbons (Fsp3) is 0.605. The molecule has 256 valence electrons. The molecule has 47 heavy (non-hydrogen) atoms. The van der Waals surface area contributed by atoms with Crippen molar-refractivity contribution in [3.63, 3.8) is 0 Å². The van der Waals surface area contributed by atoms with Crippen molar-refractivity contribution < 1.29 is 23.1 Å². The molecule has 0 atom stereocenters. The first kappa shape index (κ1) is 34.2. The smallest absolute Gasteiger partial charge is 0.225 e. The lowest BCUT2D eigenvalue weighted by Crippen LogP contribution is -2.54. The molecule has 3 aliphatic rings. The highest BCUT2D eigenvalue weighted by atomic mass is 28.4. The van der Waals surface area contributed by atoms with Crippen molar-refractivity contribution in [1.82, 2.24) is 14.4 Å². The number of methoxy groups -OCH3 is 1. The predicted molar refractivity (Wildman–Crippen MR) is 188 cm³/mol. The minimum absolute atomic E-state index is 0.134. The molecule has 2 aromatic carbocycles. The number of piperidine rings is 1. The van der Waals surface area contributed by atoms with Crippen LogP contribution in [0.3, 0.4) is 0 Å². The summed E-state index contributed by atoms with van der Waals surface area (Å²) in [6.45, 7) is 17.4. The van der Waals surface area contributed by atoms with Gasteiger partial charge in [0.2, 0.25) is 5.91 Å². The zero-order valence-corrected chi connectivity index (χ0v) is 30.4.